The van der Waals surface area contributed by atoms with Gasteiger partial charge in [0, 0.05) is 61.7 Å². The van der Waals surface area contributed by atoms with Gasteiger partial charge in [-0.2, -0.15) is 0 Å². The number of fused-ring (bicyclic) bond motifs is 14. The predicted molar refractivity (Wildman–Crippen MR) is 282 cm³/mol. The van der Waals surface area contributed by atoms with Crippen molar-refractivity contribution in [3.63, 3.8) is 0 Å². The van der Waals surface area contributed by atoms with Crippen LogP contribution in [0.1, 0.15) is 109 Å². The average Bonchev–Trinajstić information content (AvgIpc) is 3.89. The van der Waals surface area contributed by atoms with E-state index in [1.807, 2.05) is 12.4 Å². The number of para-hydroxylation sites is 1. The molecule has 0 N–H and O–H groups in total. The zero-order valence-electron chi connectivity index (χ0n) is 39.0. The Kier molecular flexibility index (Phi) is 9.19. The Balaban J connectivity index is 1.08. The number of rotatable bonds is 4. The van der Waals surface area contributed by atoms with Crippen LogP contribution in [0.25, 0.3) is 88.7 Å². The Morgan fingerprint density at radius 1 is 0.567 bits per heavy atom. The first-order valence-corrected chi connectivity index (χ1v) is 24.4. The molecule has 10 aromatic rings. The second-order valence-electron chi connectivity index (χ2n) is 19.7. The lowest BCUT2D eigenvalue weighted by Gasteiger charge is -2.33. The van der Waals surface area contributed by atoms with Gasteiger partial charge in [-0.25, -0.2) is 0 Å². The maximum absolute atomic E-state index is 5.06. The van der Waals surface area contributed by atoms with Crippen LogP contribution in [-0.4, -0.2) is 19.1 Å². The van der Waals surface area contributed by atoms with Crippen molar-refractivity contribution < 1.29 is 0 Å². The summed E-state index contributed by atoms with van der Waals surface area (Å²) in [5.74, 6) is 0.900. The molecule has 3 aliphatic rings. The number of benzene rings is 6. The van der Waals surface area contributed by atoms with E-state index in [4.69, 9.17) is 9.97 Å². The number of allylic oxidation sites excluding steroid dienone is 5. The highest BCUT2D eigenvalue weighted by atomic mass is 15.0. The highest BCUT2D eigenvalue weighted by Gasteiger charge is 2.33. The number of hydrogen-bond donors (Lipinski definition) is 0. The molecule has 5 unspecified atom stereocenters. The summed E-state index contributed by atoms with van der Waals surface area (Å²) in [6.07, 6.45) is 20.7. The highest BCUT2D eigenvalue weighted by molar-refractivity contribution is 6.14. The van der Waals surface area contributed by atoms with Crippen LogP contribution >= 0.6 is 0 Å². The Hall–Kier alpha value is -7.30. The first kappa shape index (κ1) is 40.0. The molecule has 67 heavy (non-hydrogen) atoms. The summed E-state index contributed by atoms with van der Waals surface area (Å²) in [5, 5.41) is 7.65. The molecular weight excluding hydrogens is 813 g/mol. The Morgan fingerprint density at radius 2 is 1.30 bits per heavy atom. The second-order valence-corrected chi connectivity index (χ2v) is 19.7. The number of nitrogens with zero attached hydrogens (tertiary/aromatic N) is 4. The maximum Gasteiger partial charge on any atom is 0.0780 e. The Bertz CT molecular complexity index is 3760. The van der Waals surface area contributed by atoms with E-state index in [9.17, 15) is 0 Å². The van der Waals surface area contributed by atoms with Crippen LogP contribution in [-0.2, 0) is 6.42 Å². The Labute approximate surface area is 392 Å². The molecular formula is C63H54N4. The van der Waals surface area contributed by atoms with Gasteiger partial charge in [-0.15, -0.1) is 0 Å². The molecule has 3 aliphatic carbocycles. The van der Waals surface area contributed by atoms with E-state index in [1.165, 1.54) is 105 Å². The minimum absolute atomic E-state index is 0.212. The monoisotopic (exact) mass is 866 g/mol. The predicted octanol–water partition coefficient (Wildman–Crippen LogP) is 16.6. The molecule has 4 bridgehead atoms. The largest absolute Gasteiger partial charge is 0.333 e. The van der Waals surface area contributed by atoms with Crippen LogP contribution in [0.4, 0.5) is 0 Å². The molecule has 0 radical (unpaired) electrons. The van der Waals surface area contributed by atoms with Crippen molar-refractivity contribution in [2.75, 3.05) is 0 Å². The third-order valence-electron chi connectivity index (χ3n) is 16.3. The molecule has 0 aliphatic heterocycles. The molecule has 4 heteroatoms. The van der Waals surface area contributed by atoms with Crippen molar-refractivity contribution in [3.05, 3.63) is 203 Å². The molecule has 0 fully saturated rings. The minimum atomic E-state index is 0.212. The lowest BCUT2D eigenvalue weighted by Crippen LogP contribution is -2.17. The van der Waals surface area contributed by atoms with Gasteiger partial charge in [-0.05, 0) is 155 Å². The smallest absolute Gasteiger partial charge is 0.0780 e. The van der Waals surface area contributed by atoms with Gasteiger partial charge in [0.1, 0.15) is 0 Å². The molecule has 5 atom stereocenters. The first-order valence-electron chi connectivity index (χ1n) is 24.4. The van der Waals surface area contributed by atoms with E-state index in [2.05, 4.69) is 202 Å². The van der Waals surface area contributed by atoms with E-state index in [1.54, 1.807) is 0 Å². The van der Waals surface area contributed by atoms with Crippen LogP contribution < -0.4 is 0 Å². The van der Waals surface area contributed by atoms with Crippen molar-refractivity contribution >= 4 is 60.5 Å². The van der Waals surface area contributed by atoms with Crippen molar-refractivity contribution in [3.8, 4) is 28.2 Å². The lowest BCUT2D eigenvalue weighted by atomic mass is 9.73. The van der Waals surface area contributed by atoms with Crippen molar-refractivity contribution in [1.82, 2.24) is 19.1 Å². The first-order chi connectivity index (χ1) is 32.8. The van der Waals surface area contributed by atoms with Gasteiger partial charge in [0.25, 0.3) is 0 Å². The van der Waals surface area contributed by atoms with E-state index < -0.39 is 0 Å². The SMILES string of the molecule is Cc1c2cc3c4cc(-c5nccc6c5CCC=C6)ccc4n(-c4ccccc4)c3c1C(C)C(C)c1cc(c3c(c1)c1cc(-c4nccc5ccccc45)ccc1n3C1C=CC=CC1)C(C)C2C. The fourth-order valence-corrected chi connectivity index (χ4v) is 12.5. The molecule has 0 saturated heterocycles. The third-order valence-corrected chi connectivity index (χ3v) is 16.3. The van der Waals surface area contributed by atoms with Gasteiger partial charge >= 0.3 is 0 Å². The quantitative estimate of drug-likeness (QED) is 0.177. The molecule has 326 valence electrons. The molecule has 4 heterocycles. The summed E-state index contributed by atoms with van der Waals surface area (Å²) in [6, 6.07) is 46.2. The summed E-state index contributed by atoms with van der Waals surface area (Å²) in [6.45, 7) is 12.4. The van der Waals surface area contributed by atoms with E-state index in [-0.39, 0.29) is 29.7 Å². The fraction of sp³-hybridized carbons (Fsp3) is 0.206. The van der Waals surface area contributed by atoms with Gasteiger partial charge < -0.3 is 9.13 Å². The summed E-state index contributed by atoms with van der Waals surface area (Å²) in [5.41, 5.74) is 20.7. The summed E-state index contributed by atoms with van der Waals surface area (Å²) < 4.78 is 5.24. The number of aromatic nitrogens is 4. The Morgan fingerprint density at radius 3 is 2.13 bits per heavy atom. The molecule has 0 saturated carbocycles. The highest BCUT2D eigenvalue weighted by Crippen LogP contribution is 2.51. The van der Waals surface area contributed by atoms with Gasteiger partial charge in [0.05, 0.1) is 34.0 Å². The zero-order valence-corrected chi connectivity index (χ0v) is 39.0. The topological polar surface area (TPSA) is 35.6 Å². The van der Waals surface area contributed by atoms with Gasteiger partial charge in [0.2, 0.25) is 0 Å². The van der Waals surface area contributed by atoms with Crippen molar-refractivity contribution in [1.29, 1.82) is 0 Å². The molecule has 13 rings (SSSR count). The van der Waals surface area contributed by atoms with E-state index in [0.29, 0.717) is 0 Å². The van der Waals surface area contributed by atoms with E-state index in [0.717, 1.165) is 36.2 Å². The number of hydrogen-bond acceptors (Lipinski definition) is 2. The zero-order chi connectivity index (χ0) is 45.1. The second kappa shape index (κ2) is 15.4. The van der Waals surface area contributed by atoms with Crippen molar-refractivity contribution in [2.45, 2.75) is 83.6 Å². The third kappa shape index (κ3) is 6.04. The standard InChI is InChI=1S/C63H54N4/c1-37-40(4)59-41(5)51(36-56-54-33-45(61-50-23-15-13-17-43(50)29-31-65-61)25-27-58(54)67(63(56)59)48-20-10-7-11-21-48)38(2)39(3)52-34-46(37)35-55-53-32-44(60-49-22-14-12-16-42(49)28-30-64-60)24-26-57(53)66(62(52)55)47-18-8-6-9-19-47/h6-14,16-18,20-22,24-40,47H,15,19,23H2,1-5H3. The molecule has 4 aromatic heterocycles. The molecule has 0 amide bonds. The van der Waals surface area contributed by atoms with Crippen LogP contribution in [0.5, 0.6) is 0 Å². The van der Waals surface area contributed by atoms with Crippen molar-refractivity contribution in [2.24, 2.45) is 0 Å². The van der Waals surface area contributed by atoms with Gasteiger partial charge in [-0.1, -0.05) is 125 Å². The fourth-order valence-electron chi connectivity index (χ4n) is 12.5. The van der Waals surface area contributed by atoms with Crippen LogP contribution in [0.3, 0.4) is 0 Å². The lowest BCUT2D eigenvalue weighted by molar-refractivity contribution is 0.587. The minimum Gasteiger partial charge on any atom is -0.333 e. The summed E-state index contributed by atoms with van der Waals surface area (Å²) >= 11 is 0. The summed E-state index contributed by atoms with van der Waals surface area (Å²) in [7, 11) is 0. The average molecular weight is 867 g/mol. The van der Waals surface area contributed by atoms with Gasteiger partial charge in [-0.3, -0.25) is 9.97 Å². The molecule has 0 spiro atoms. The molecule has 6 aromatic carbocycles. The summed E-state index contributed by atoms with van der Waals surface area (Å²) in [4.78, 5) is 10.1. The number of pyridine rings is 2. The van der Waals surface area contributed by atoms with Crippen LogP contribution in [0.15, 0.2) is 164 Å². The maximum atomic E-state index is 5.06. The van der Waals surface area contributed by atoms with Gasteiger partial charge in [0.15, 0.2) is 0 Å². The molecule has 4 nitrogen and oxygen atoms in total. The van der Waals surface area contributed by atoms with E-state index >= 15 is 0 Å². The normalized spacial score (nSPS) is 20.1. The van der Waals surface area contributed by atoms with Crippen LogP contribution in [0.2, 0.25) is 0 Å². The van der Waals surface area contributed by atoms with Crippen LogP contribution in [0, 0.1) is 6.92 Å².